The van der Waals surface area contributed by atoms with Crippen LogP contribution in [0.2, 0.25) is 0 Å². The monoisotopic (exact) mass is 427 g/mol. The molecule has 0 spiro atoms. The van der Waals surface area contributed by atoms with E-state index in [-0.39, 0.29) is 28.6 Å². The molecule has 1 aliphatic heterocycles. The minimum absolute atomic E-state index is 0. The summed E-state index contributed by atoms with van der Waals surface area (Å²) in [6, 6.07) is 16.7. The standard InChI is InChI=1S/C22H25N3O.BrH/c1-16-8-10-17(11-9-16)15-21-19-6-2-3-7-20(19)22(26)25(24-21)18-5-4-13-23-14-12-18;/h2-3,6-11,18,23H,4-5,12-15H2,1H3;1H. The summed E-state index contributed by atoms with van der Waals surface area (Å²) in [7, 11) is 0. The van der Waals surface area contributed by atoms with Gasteiger partial charge in [-0.05, 0) is 31.4 Å². The maximum absolute atomic E-state index is 13.1. The molecule has 1 aliphatic rings. The molecule has 1 fully saturated rings. The first kappa shape index (κ1) is 19.8. The molecule has 1 unspecified atom stereocenters. The van der Waals surface area contributed by atoms with Crippen LogP contribution in [0.1, 0.15) is 42.1 Å². The molecule has 4 nitrogen and oxygen atoms in total. The Hall–Kier alpha value is -1.98. The van der Waals surface area contributed by atoms with Gasteiger partial charge in [-0.3, -0.25) is 4.79 Å². The summed E-state index contributed by atoms with van der Waals surface area (Å²) >= 11 is 0. The van der Waals surface area contributed by atoms with Crippen LogP contribution in [0.4, 0.5) is 0 Å². The van der Waals surface area contributed by atoms with Crippen LogP contribution < -0.4 is 27.9 Å². The highest BCUT2D eigenvalue weighted by Crippen LogP contribution is 2.21. The van der Waals surface area contributed by atoms with Crippen LogP contribution >= 0.6 is 0 Å². The Labute approximate surface area is 170 Å². The van der Waals surface area contributed by atoms with Crippen LogP contribution in [0.3, 0.4) is 0 Å². The zero-order valence-electron chi connectivity index (χ0n) is 15.7. The lowest BCUT2D eigenvalue weighted by atomic mass is 10.0. The second-order valence-corrected chi connectivity index (χ2v) is 7.36. The second-order valence-electron chi connectivity index (χ2n) is 7.36. The molecule has 0 aliphatic carbocycles. The van der Waals surface area contributed by atoms with Crippen LogP contribution in [0, 0.1) is 6.92 Å². The molecule has 27 heavy (non-hydrogen) atoms. The third-order valence-corrected chi connectivity index (χ3v) is 5.39. The van der Waals surface area contributed by atoms with Gasteiger partial charge in [0.25, 0.3) is 5.56 Å². The van der Waals surface area contributed by atoms with Gasteiger partial charge < -0.3 is 22.3 Å². The lowest BCUT2D eigenvalue weighted by Gasteiger charge is -2.18. The van der Waals surface area contributed by atoms with Crippen LogP contribution in [-0.4, -0.2) is 22.9 Å². The van der Waals surface area contributed by atoms with E-state index < -0.39 is 0 Å². The van der Waals surface area contributed by atoms with Crippen LogP contribution in [-0.2, 0) is 6.42 Å². The highest BCUT2D eigenvalue weighted by atomic mass is 79.9. The first-order valence-corrected chi connectivity index (χ1v) is 9.60. The van der Waals surface area contributed by atoms with Gasteiger partial charge in [0.05, 0.1) is 30.2 Å². The topological polar surface area (TPSA) is 51.5 Å². The first-order chi connectivity index (χ1) is 12.7. The lowest BCUT2D eigenvalue weighted by Crippen LogP contribution is -3.00. The third-order valence-electron chi connectivity index (χ3n) is 5.39. The van der Waals surface area contributed by atoms with Crippen LogP contribution in [0.25, 0.3) is 10.8 Å². The highest BCUT2D eigenvalue weighted by Gasteiger charge is 2.20. The Morgan fingerprint density at radius 3 is 2.56 bits per heavy atom. The Morgan fingerprint density at radius 2 is 1.78 bits per heavy atom. The number of halogens is 1. The van der Waals surface area contributed by atoms with Crippen molar-refractivity contribution in [3.8, 4) is 0 Å². The minimum atomic E-state index is 0. The summed E-state index contributed by atoms with van der Waals surface area (Å²) in [5.74, 6) is 0. The van der Waals surface area contributed by atoms with E-state index in [1.165, 1.54) is 11.1 Å². The zero-order valence-corrected chi connectivity index (χ0v) is 17.3. The van der Waals surface area contributed by atoms with E-state index in [4.69, 9.17) is 5.10 Å². The van der Waals surface area contributed by atoms with Crippen molar-refractivity contribution < 1.29 is 22.3 Å². The predicted molar refractivity (Wildman–Crippen MR) is 105 cm³/mol. The van der Waals surface area contributed by atoms with E-state index in [2.05, 4.69) is 36.5 Å². The van der Waals surface area contributed by atoms with Gasteiger partial charge in [0.15, 0.2) is 0 Å². The summed E-state index contributed by atoms with van der Waals surface area (Å²) in [4.78, 5) is 13.1. The van der Waals surface area contributed by atoms with Crippen molar-refractivity contribution in [2.75, 3.05) is 13.1 Å². The van der Waals surface area contributed by atoms with Crippen molar-refractivity contribution in [1.29, 1.82) is 0 Å². The van der Waals surface area contributed by atoms with E-state index in [1.807, 2.05) is 24.3 Å². The molecule has 3 aromatic rings. The van der Waals surface area contributed by atoms with Crippen molar-refractivity contribution in [2.45, 2.75) is 38.6 Å². The number of fused-ring (bicyclic) bond motifs is 1. The minimum Gasteiger partial charge on any atom is -1.00 e. The molecule has 4 rings (SSSR count). The number of nitrogens with two attached hydrogens (primary N) is 1. The quantitative estimate of drug-likeness (QED) is 0.617. The van der Waals surface area contributed by atoms with Crippen LogP contribution in [0.5, 0.6) is 0 Å². The average molecular weight is 428 g/mol. The van der Waals surface area contributed by atoms with E-state index in [0.29, 0.717) is 0 Å². The van der Waals surface area contributed by atoms with Crippen LogP contribution in [0.15, 0.2) is 53.3 Å². The summed E-state index contributed by atoms with van der Waals surface area (Å²) in [6.45, 7) is 4.31. The summed E-state index contributed by atoms with van der Waals surface area (Å²) in [5.41, 5.74) is 3.54. The number of hydrogen-bond donors (Lipinski definition) is 1. The van der Waals surface area contributed by atoms with Gasteiger partial charge in [-0.25, -0.2) is 4.68 Å². The molecule has 1 atom stereocenters. The summed E-state index contributed by atoms with van der Waals surface area (Å²) in [6.07, 6.45) is 3.93. The molecular weight excluding hydrogens is 402 g/mol. The SMILES string of the molecule is Cc1ccc(Cc2nn(C3CCC[NH2+]CC3)c(=O)c3ccccc23)cc1.[Br-]. The van der Waals surface area contributed by atoms with E-state index in [9.17, 15) is 4.79 Å². The van der Waals surface area contributed by atoms with E-state index in [0.717, 1.165) is 55.2 Å². The van der Waals surface area contributed by atoms with Gasteiger partial charge >= 0.3 is 0 Å². The lowest BCUT2D eigenvalue weighted by molar-refractivity contribution is -0.653. The van der Waals surface area contributed by atoms with Crippen molar-refractivity contribution in [2.24, 2.45) is 0 Å². The molecule has 2 N–H and O–H groups in total. The van der Waals surface area contributed by atoms with Gasteiger partial charge in [0.2, 0.25) is 0 Å². The van der Waals surface area contributed by atoms with E-state index in [1.54, 1.807) is 4.68 Å². The Morgan fingerprint density at radius 1 is 1.04 bits per heavy atom. The fraction of sp³-hybridized carbons (Fsp3) is 0.364. The number of aryl methyl sites for hydroxylation is 1. The molecule has 142 valence electrons. The highest BCUT2D eigenvalue weighted by molar-refractivity contribution is 5.83. The average Bonchev–Trinajstić information content (AvgIpc) is 2.95. The number of nitrogens with zero attached hydrogens (tertiary/aromatic N) is 2. The number of aromatic nitrogens is 2. The molecular formula is C22H26BrN3O. The number of quaternary nitrogens is 1. The fourth-order valence-electron chi connectivity index (χ4n) is 3.89. The van der Waals surface area contributed by atoms with Gasteiger partial charge in [-0.1, -0.05) is 48.0 Å². The number of hydrogen-bond acceptors (Lipinski definition) is 2. The Kier molecular flexibility index (Phi) is 6.45. The van der Waals surface area contributed by atoms with E-state index >= 15 is 0 Å². The zero-order chi connectivity index (χ0) is 17.9. The Bertz CT molecular complexity index is 957. The van der Waals surface area contributed by atoms with Gasteiger partial charge in [-0.15, -0.1) is 0 Å². The maximum atomic E-state index is 13.1. The normalized spacial score (nSPS) is 17.3. The molecule has 2 aromatic carbocycles. The van der Waals surface area contributed by atoms with Crippen molar-refractivity contribution in [1.82, 2.24) is 9.78 Å². The van der Waals surface area contributed by atoms with Crippen molar-refractivity contribution in [3.63, 3.8) is 0 Å². The number of rotatable bonds is 3. The molecule has 2 heterocycles. The summed E-state index contributed by atoms with van der Waals surface area (Å²) < 4.78 is 1.78. The van der Waals surface area contributed by atoms with Gasteiger partial charge in [0.1, 0.15) is 0 Å². The smallest absolute Gasteiger partial charge is 0.274 e. The molecule has 0 saturated carbocycles. The molecule has 0 amide bonds. The third kappa shape index (κ3) is 4.30. The molecule has 0 bridgehead atoms. The largest absolute Gasteiger partial charge is 1.00 e. The molecule has 1 saturated heterocycles. The summed E-state index contributed by atoms with van der Waals surface area (Å²) in [5, 5.41) is 8.99. The second kappa shape index (κ2) is 8.81. The molecule has 1 aromatic heterocycles. The first-order valence-electron chi connectivity index (χ1n) is 9.60. The van der Waals surface area contributed by atoms with Crippen molar-refractivity contribution >= 4 is 10.8 Å². The molecule has 0 radical (unpaired) electrons. The van der Waals surface area contributed by atoms with Crippen molar-refractivity contribution in [3.05, 3.63) is 75.7 Å². The fourth-order valence-corrected chi connectivity index (χ4v) is 3.89. The molecule has 5 heteroatoms. The Balaban J connectivity index is 0.00000210. The number of benzene rings is 2. The van der Waals surface area contributed by atoms with Gasteiger partial charge in [0, 0.05) is 18.2 Å². The van der Waals surface area contributed by atoms with Gasteiger partial charge in [-0.2, -0.15) is 5.10 Å². The predicted octanol–water partition coefficient (Wildman–Crippen LogP) is -0.412. The maximum Gasteiger partial charge on any atom is 0.274 e.